The van der Waals surface area contributed by atoms with Gasteiger partial charge in [0.25, 0.3) is 0 Å². The summed E-state index contributed by atoms with van der Waals surface area (Å²) in [5.41, 5.74) is 6.08. The molecule has 2 rings (SSSR count). The maximum atomic E-state index is 12.6. The minimum Gasteiger partial charge on any atom is -0.364 e. The van der Waals surface area contributed by atoms with E-state index in [0.717, 1.165) is 12.6 Å². The van der Waals surface area contributed by atoms with Crippen molar-refractivity contribution in [3.05, 3.63) is 29.8 Å². The maximum absolute atomic E-state index is 12.6. The normalized spacial score (nSPS) is 20.7. The molecule has 1 aliphatic heterocycles. The third-order valence-corrected chi connectivity index (χ3v) is 2.90. The zero-order valence-corrected chi connectivity index (χ0v) is 12.4. The van der Waals surface area contributed by atoms with E-state index in [1.807, 2.05) is 0 Å². The predicted octanol–water partition coefficient (Wildman–Crippen LogP) is 1.19. The summed E-state index contributed by atoms with van der Waals surface area (Å²) in [5.74, 6) is -0.563. The van der Waals surface area contributed by atoms with Gasteiger partial charge in [0.1, 0.15) is 11.9 Å². The third-order valence-electron chi connectivity index (χ3n) is 2.90. The number of nitrogens with two attached hydrogens (primary N) is 1. The summed E-state index contributed by atoms with van der Waals surface area (Å²) in [6.07, 6.45) is 2.16. The molecule has 0 radical (unpaired) electrons. The quantitative estimate of drug-likeness (QED) is 0.871. The zero-order valence-electron chi connectivity index (χ0n) is 10.8. The van der Waals surface area contributed by atoms with Crippen LogP contribution in [0.3, 0.4) is 0 Å². The lowest BCUT2D eigenvalue weighted by Crippen LogP contribution is -2.35. The van der Waals surface area contributed by atoms with Gasteiger partial charge in [0, 0.05) is 6.54 Å². The van der Waals surface area contributed by atoms with Gasteiger partial charge in [0.2, 0.25) is 5.91 Å². The maximum Gasteiger partial charge on any atom is 0.249 e. The SMILES string of the molecule is Cl.Cl.NC[C@H]1CC[C@@H](C(=O)NCc2ccc(F)cn2)O1. The van der Waals surface area contributed by atoms with Gasteiger partial charge in [0.15, 0.2) is 0 Å². The number of nitrogens with zero attached hydrogens (tertiary/aromatic N) is 1. The van der Waals surface area contributed by atoms with E-state index in [9.17, 15) is 9.18 Å². The number of rotatable bonds is 4. The van der Waals surface area contributed by atoms with Crippen LogP contribution >= 0.6 is 24.8 Å². The monoisotopic (exact) mass is 325 g/mol. The lowest BCUT2D eigenvalue weighted by Gasteiger charge is -2.12. The molecule has 0 aliphatic carbocycles. The lowest BCUT2D eigenvalue weighted by atomic mass is 10.2. The molecule has 1 aromatic rings. The Morgan fingerprint density at radius 3 is 2.75 bits per heavy atom. The van der Waals surface area contributed by atoms with Crippen LogP contribution in [0.15, 0.2) is 18.3 Å². The molecule has 2 atom stereocenters. The van der Waals surface area contributed by atoms with Crippen molar-refractivity contribution in [2.45, 2.75) is 31.6 Å². The van der Waals surface area contributed by atoms with Crippen LogP contribution in [0.5, 0.6) is 0 Å². The second-order valence-electron chi connectivity index (χ2n) is 4.25. The highest BCUT2D eigenvalue weighted by molar-refractivity contribution is 5.85. The Labute approximate surface area is 129 Å². The number of aromatic nitrogens is 1. The molecule has 1 aliphatic rings. The highest BCUT2D eigenvalue weighted by Gasteiger charge is 2.29. The minimum absolute atomic E-state index is 0. The Balaban J connectivity index is 0.00000180. The van der Waals surface area contributed by atoms with Gasteiger partial charge in [-0.15, -0.1) is 24.8 Å². The number of hydrogen-bond acceptors (Lipinski definition) is 4. The van der Waals surface area contributed by atoms with Crippen LogP contribution in [-0.2, 0) is 16.1 Å². The van der Waals surface area contributed by atoms with Gasteiger partial charge < -0.3 is 15.8 Å². The number of carbonyl (C=O) groups excluding carboxylic acids is 1. The molecule has 0 saturated carbocycles. The molecule has 1 aromatic heterocycles. The molecule has 8 heteroatoms. The van der Waals surface area contributed by atoms with Crippen molar-refractivity contribution in [2.24, 2.45) is 5.73 Å². The summed E-state index contributed by atoms with van der Waals surface area (Å²) in [7, 11) is 0. The third kappa shape index (κ3) is 5.20. The van der Waals surface area contributed by atoms with Crippen LogP contribution in [0, 0.1) is 5.82 Å². The number of ether oxygens (including phenoxy) is 1. The number of carbonyl (C=O) groups is 1. The number of amides is 1. The van der Waals surface area contributed by atoms with Crippen molar-refractivity contribution >= 4 is 30.7 Å². The highest BCUT2D eigenvalue weighted by atomic mass is 35.5. The molecular formula is C12H18Cl2FN3O2. The highest BCUT2D eigenvalue weighted by Crippen LogP contribution is 2.18. The van der Waals surface area contributed by atoms with E-state index < -0.39 is 11.9 Å². The van der Waals surface area contributed by atoms with Crippen LogP contribution in [0.25, 0.3) is 0 Å². The molecule has 1 fully saturated rings. The van der Waals surface area contributed by atoms with E-state index in [1.165, 1.54) is 12.1 Å². The lowest BCUT2D eigenvalue weighted by molar-refractivity contribution is -0.132. The van der Waals surface area contributed by atoms with Gasteiger partial charge in [0.05, 0.1) is 24.5 Å². The topological polar surface area (TPSA) is 77.2 Å². The average Bonchev–Trinajstić information content (AvgIpc) is 2.86. The van der Waals surface area contributed by atoms with Crippen LogP contribution in [0.1, 0.15) is 18.5 Å². The smallest absolute Gasteiger partial charge is 0.249 e. The van der Waals surface area contributed by atoms with Crippen LogP contribution < -0.4 is 11.1 Å². The second kappa shape index (κ2) is 9.07. The Morgan fingerprint density at radius 2 is 2.20 bits per heavy atom. The Morgan fingerprint density at radius 1 is 1.45 bits per heavy atom. The van der Waals surface area contributed by atoms with Crippen molar-refractivity contribution in [3.8, 4) is 0 Å². The number of halogens is 3. The molecule has 0 aromatic carbocycles. The molecule has 0 spiro atoms. The van der Waals surface area contributed by atoms with E-state index >= 15 is 0 Å². The molecule has 1 saturated heterocycles. The fraction of sp³-hybridized carbons (Fsp3) is 0.500. The van der Waals surface area contributed by atoms with Crippen molar-refractivity contribution in [2.75, 3.05) is 6.54 Å². The summed E-state index contributed by atoms with van der Waals surface area (Å²) >= 11 is 0. The Kier molecular flexibility index (Phi) is 8.64. The van der Waals surface area contributed by atoms with Gasteiger partial charge >= 0.3 is 0 Å². The van der Waals surface area contributed by atoms with Crippen molar-refractivity contribution in [1.29, 1.82) is 0 Å². The zero-order chi connectivity index (χ0) is 13.0. The molecule has 1 amide bonds. The van der Waals surface area contributed by atoms with Crippen molar-refractivity contribution < 1.29 is 13.9 Å². The fourth-order valence-corrected chi connectivity index (χ4v) is 1.87. The number of hydrogen-bond donors (Lipinski definition) is 2. The van der Waals surface area contributed by atoms with Gasteiger partial charge in [-0.25, -0.2) is 4.39 Å². The summed E-state index contributed by atoms with van der Waals surface area (Å²) in [5, 5.41) is 2.72. The van der Waals surface area contributed by atoms with Gasteiger partial charge in [-0.3, -0.25) is 9.78 Å². The molecule has 0 unspecified atom stereocenters. The summed E-state index contributed by atoms with van der Waals surface area (Å²) in [6.45, 7) is 0.704. The second-order valence-corrected chi connectivity index (χ2v) is 4.25. The first-order valence-electron chi connectivity index (χ1n) is 5.92. The fourth-order valence-electron chi connectivity index (χ4n) is 1.87. The molecule has 20 heavy (non-hydrogen) atoms. The first-order chi connectivity index (χ1) is 8.69. The largest absolute Gasteiger partial charge is 0.364 e. The number of nitrogens with one attached hydrogen (secondary N) is 1. The van der Waals surface area contributed by atoms with Crippen LogP contribution in [0.4, 0.5) is 4.39 Å². The molecule has 114 valence electrons. The van der Waals surface area contributed by atoms with E-state index in [0.29, 0.717) is 18.7 Å². The first-order valence-corrected chi connectivity index (χ1v) is 5.92. The summed E-state index contributed by atoms with van der Waals surface area (Å²) in [6, 6.07) is 2.85. The molecule has 2 heterocycles. The van der Waals surface area contributed by atoms with Crippen molar-refractivity contribution in [3.63, 3.8) is 0 Å². The Hall–Kier alpha value is -0.950. The van der Waals surface area contributed by atoms with E-state index in [4.69, 9.17) is 10.5 Å². The van der Waals surface area contributed by atoms with E-state index in [-0.39, 0.29) is 43.4 Å². The van der Waals surface area contributed by atoms with Crippen LogP contribution in [-0.4, -0.2) is 29.6 Å². The van der Waals surface area contributed by atoms with Gasteiger partial charge in [-0.2, -0.15) is 0 Å². The first kappa shape index (κ1) is 19.1. The molecule has 3 N–H and O–H groups in total. The van der Waals surface area contributed by atoms with Crippen molar-refractivity contribution in [1.82, 2.24) is 10.3 Å². The molecule has 0 bridgehead atoms. The molecular weight excluding hydrogens is 308 g/mol. The number of pyridine rings is 1. The van der Waals surface area contributed by atoms with Crippen LogP contribution in [0.2, 0.25) is 0 Å². The summed E-state index contributed by atoms with van der Waals surface area (Å²) in [4.78, 5) is 15.6. The average molecular weight is 326 g/mol. The van der Waals surface area contributed by atoms with E-state index in [2.05, 4.69) is 10.3 Å². The van der Waals surface area contributed by atoms with Gasteiger partial charge in [-0.1, -0.05) is 0 Å². The minimum atomic E-state index is -0.431. The molecule has 5 nitrogen and oxygen atoms in total. The predicted molar refractivity (Wildman–Crippen MR) is 77.5 cm³/mol. The Bertz CT molecular complexity index is 420. The standard InChI is InChI=1S/C12H16FN3O2.2ClH/c13-8-1-2-9(15-6-8)7-16-12(17)11-4-3-10(5-14)18-11;;/h1-2,6,10-11H,3-5,7,14H2,(H,16,17);2*1H/t10-,11+;;/m1../s1. The van der Waals surface area contributed by atoms with Gasteiger partial charge in [-0.05, 0) is 25.0 Å². The van der Waals surface area contributed by atoms with E-state index in [1.54, 1.807) is 0 Å². The summed E-state index contributed by atoms with van der Waals surface area (Å²) < 4.78 is 18.1.